The van der Waals surface area contributed by atoms with Crippen molar-refractivity contribution in [2.24, 2.45) is 0 Å². The van der Waals surface area contributed by atoms with E-state index in [1.54, 1.807) is 0 Å². The van der Waals surface area contributed by atoms with Gasteiger partial charge < -0.3 is 5.32 Å². The van der Waals surface area contributed by atoms with E-state index in [2.05, 4.69) is 44.8 Å². The van der Waals surface area contributed by atoms with Gasteiger partial charge in [0.2, 0.25) is 0 Å². The molecule has 0 bridgehead atoms. The van der Waals surface area contributed by atoms with E-state index in [1.165, 1.54) is 64.5 Å². The standard InChI is InChI=1S/C18H40N2/c1-6-11-15-20(16-12-7-2)18(10-5)17(13-8-3)19-14-9-4/h17-19H,6-16H2,1-5H3. The molecule has 0 saturated carbocycles. The van der Waals surface area contributed by atoms with E-state index in [0.717, 1.165) is 12.6 Å². The first kappa shape index (κ1) is 19.9. The molecule has 0 aromatic heterocycles. The van der Waals surface area contributed by atoms with Gasteiger partial charge in [-0.3, -0.25) is 4.90 Å². The smallest absolute Gasteiger partial charge is 0.0246 e. The summed E-state index contributed by atoms with van der Waals surface area (Å²) in [5, 5.41) is 3.81. The van der Waals surface area contributed by atoms with Crippen LogP contribution in [0.25, 0.3) is 0 Å². The first-order valence-electron chi connectivity index (χ1n) is 9.22. The van der Waals surface area contributed by atoms with Crippen LogP contribution in [-0.4, -0.2) is 36.6 Å². The van der Waals surface area contributed by atoms with Gasteiger partial charge in [-0.2, -0.15) is 0 Å². The van der Waals surface area contributed by atoms with Crippen LogP contribution < -0.4 is 5.32 Å². The molecule has 122 valence electrons. The van der Waals surface area contributed by atoms with Crippen molar-refractivity contribution >= 4 is 0 Å². The molecule has 0 spiro atoms. The van der Waals surface area contributed by atoms with E-state index in [4.69, 9.17) is 0 Å². The third kappa shape index (κ3) is 8.26. The van der Waals surface area contributed by atoms with Crippen molar-refractivity contribution in [3.05, 3.63) is 0 Å². The maximum atomic E-state index is 3.81. The van der Waals surface area contributed by atoms with Crippen LogP contribution in [-0.2, 0) is 0 Å². The van der Waals surface area contributed by atoms with Crippen molar-refractivity contribution in [3.63, 3.8) is 0 Å². The van der Waals surface area contributed by atoms with Crippen molar-refractivity contribution in [2.75, 3.05) is 19.6 Å². The minimum atomic E-state index is 0.679. The predicted molar refractivity (Wildman–Crippen MR) is 92.5 cm³/mol. The van der Waals surface area contributed by atoms with Gasteiger partial charge in [0, 0.05) is 12.1 Å². The average Bonchev–Trinajstić information content (AvgIpc) is 2.47. The minimum absolute atomic E-state index is 0.679. The van der Waals surface area contributed by atoms with Crippen molar-refractivity contribution < 1.29 is 0 Å². The van der Waals surface area contributed by atoms with Gasteiger partial charge in [0.05, 0.1) is 0 Å². The Bertz CT molecular complexity index is 186. The molecule has 2 atom stereocenters. The Morgan fingerprint density at radius 2 is 1.40 bits per heavy atom. The Morgan fingerprint density at radius 3 is 1.80 bits per heavy atom. The van der Waals surface area contributed by atoms with E-state index in [0.29, 0.717) is 6.04 Å². The van der Waals surface area contributed by atoms with Gasteiger partial charge in [0.25, 0.3) is 0 Å². The number of rotatable bonds is 14. The lowest BCUT2D eigenvalue weighted by atomic mass is 9.98. The Morgan fingerprint density at radius 1 is 0.800 bits per heavy atom. The van der Waals surface area contributed by atoms with E-state index >= 15 is 0 Å². The van der Waals surface area contributed by atoms with E-state index < -0.39 is 0 Å². The second-order valence-corrected chi connectivity index (χ2v) is 6.07. The van der Waals surface area contributed by atoms with Crippen LogP contribution in [0, 0.1) is 0 Å². The Labute approximate surface area is 128 Å². The summed E-state index contributed by atoms with van der Waals surface area (Å²) in [6.45, 7) is 15.3. The van der Waals surface area contributed by atoms with E-state index in [-0.39, 0.29) is 0 Å². The van der Waals surface area contributed by atoms with E-state index in [1.807, 2.05) is 0 Å². The molecule has 0 rings (SSSR count). The lowest BCUT2D eigenvalue weighted by molar-refractivity contribution is 0.142. The summed E-state index contributed by atoms with van der Waals surface area (Å²) in [6, 6.07) is 1.40. The monoisotopic (exact) mass is 284 g/mol. The van der Waals surface area contributed by atoms with Crippen LogP contribution in [0.4, 0.5) is 0 Å². The summed E-state index contributed by atoms with van der Waals surface area (Å²) < 4.78 is 0. The topological polar surface area (TPSA) is 15.3 Å². The summed E-state index contributed by atoms with van der Waals surface area (Å²) in [7, 11) is 0. The molecular formula is C18H40N2. The zero-order valence-electron chi connectivity index (χ0n) is 14.9. The van der Waals surface area contributed by atoms with Crippen molar-refractivity contribution in [3.8, 4) is 0 Å². The summed E-state index contributed by atoms with van der Waals surface area (Å²) in [6.07, 6.45) is 10.4. The number of nitrogens with one attached hydrogen (secondary N) is 1. The highest BCUT2D eigenvalue weighted by molar-refractivity contribution is 4.83. The van der Waals surface area contributed by atoms with Crippen LogP contribution in [0.5, 0.6) is 0 Å². The lowest BCUT2D eigenvalue weighted by Gasteiger charge is -2.37. The van der Waals surface area contributed by atoms with Gasteiger partial charge >= 0.3 is 0 Å². The maximum absolute atomic E-state index is 3.81. The molecule has 0 heterocycles. The molecule has 0 radical (unpaired) electrons. The molecular weight excluding hydrogens is 244 g/mol. The average molecular weight is 285 g/mol. The maximum Gasteiger partial charge on any atom is 0.0246 e. The highest BCUT2D eigenvalue weighted by Gasteiger charge is 2.24. The molecule has 0 amide bonds. The molecule has 0 aromatic carbocycles. The summed E-state index contributed by atoms with van der Waals surface area (Å²) >= 11 is 0. The molecule has 0 aliphatic heterocycles. The van der Waals surface area contributed by atoms with Crippen LogP contribution in [0.1, 0.15) is 86.0 Å². The second-order valence-electron chi connectivity index (χ2n) is 6.07. The molecule has 0 fully saturated rings. The molecule has 20 heavy (non-hydrogen) atoms. The van der Waals surface area contributed by atoms with Crippen LogP contribution in [0.3, 0.4) is 0 Å². The first-order valence-corrected chi connectivity index (χ1v) is 9.22. The third-order valence-electron chi connectivity index (χ3n) is 4.21. The fraction of sp³-hybridized carbons (Fsp3) is 1.00. The first-order chi connectivity index (χ1) is 9.74. The fourth-order valence-electron chi connectivity index (χ4n) is 3.03. The zero-order valence-corrected chi connectivity index (χ0v) is 14.9. The fourth-order valence-corrected chi connectivity index (χ4v) is 3.03. The highest BCUT2D eigenvalue weighted by Crippen LogP contribution is 2.16. The van der Waals surface area contributed by atoms with Crippen molar-refractivity contribution in [1.29, 1.82) is 0 Å². The molecule has 0 aromatic rings. The van der Waals surface area contributed by atoms with Gasteiger partial charge in [0.1, 0.15) is 0 Å². The van der Waals surface area contributed by atoms with Gasteiger partial charge in [-0.15, -0.1) is 0 Å². The van der Waals surface area contributed by atoms with Gasteiger partial charge in [-0.05, 0) is 51.7 Å². The van der Waals surface area contributed by atoms with Crippen molar-refractivity contribution in [2.45, 2.75) is 98.1 Å². The van der Waals surface area contributed by atoms with Gasteiger partial charge in [0.15, 0.2) is 0 Å². The SMILES string of the molecule is CCCCN(CCCC)C(CC)C(CCC)NCCC. The lowest BCUT2D eigenvalue weighted by Crippen LogP contribution is -2.50. The minimum Gasteiger partial charge on any atom is -0.312 e. The number of hydrogen-bond donors (Lipinski definition) is 1. The van der Waals surface area contributed by atoms with Gasteiger partial charge in [-0.1, -0.05) is 53.9 Å². The Kier molecular flexibility index (Phi) is 13.8. The Hall–Kier alpha value is -0.0800. The second kappa shape index (κ2) is 13.9. The predicted octanol–water partition coefficient (Wildman–Crippen LogP) is 4.84. The molecule has 2 unspecified atom stereocenters. The quantitative estimate of drug-likeness (QED) is 0.491. The van der Waals surface area contributed by atoms with Crippen molar-refractivity contribution in [1.82, 2.24) is 10.2 Å². The number of nitrogens with zero attached hydrogens (tertiary/aromatic N) is 1. The van der Waals surface area contributed by atoms with Crippen LogP contribution in [0.15, 0.2) is 0 Å². The summed E-state index contributed by atoms with van der Waals surface area (Å²) in [5.41, 5.74) is 0. The normalized spacial score (nSPS) is 14.7. The largest absolute Gasteiger partial charge is 0.312 e. The number of unbranched alkanes of at least 4 members (excludes halogenated alkanes) is 2. The third-order valence-corrected chi connectivity index (χ3v) is 4.21. The zero-order chi connectivity index (χ0) is 15.2. The van der Waals surface area contributed by atoms with E-state index in [9.17, 15) is 0 Å². The Balaban J connectivity index is 4.67. The molecule has 2 heteroatoms. The van der Waals surface area contributed by atoms with Gasteiger partial charge in [-0.25, -0.2) is 0 Å². The molecule has 2 nitrogen and oxygen atoms in total. The van der Waals surface area contributed by atoms with Crippen LogP contribution >= 0.6 is 0 Å². The molecule has 0 saturated heterocycles. The summed E-state index contributed by atoms with van der Waals surface area (Å²) in [4.78, 5) is 2.77. The number of hydrogen-bond acceptors (Lipinski definition) is 2. The molecule has 0 aliphatic carbocycles. The van der Waals surface area contributed by atoms with Crippen LogP contribution in [0.2, 0.25) is 0 Å². The molecule has 0 aliphatic rings. The molecule has 1 N–H and O–H groups in total. The highest BCUT2D eigenvalue weighted by atomic mass is 15.2. The summed E-state index contributed by atoms with van der Waals surface area (Å²) in [5.74, 6) is 0.